The Labute approximate surface area is 161 Å². The average molecular weight is 388 g/mol. The van der Waals surface area contributed by atoms with Gasteiger partial charge in [-0.25, -0.2) is 9.97 Å². The summed E-state index contributed by atoms with van der Waals surface area (Å²) >= 11 is 0.929. The number of nitrogens with zero attached hydrogens (tertiary/aromatic N) is 3. The van der Waals surface area contributed by atoms with Crippen molar-refractivity contribution in [2.75, 3.05) is 12.4 Å². The van der Waals surface area contributed by atoms with E-state index in [0.717, 1.165) is 11.8 Å². The van der Waals surface area contributed by atoms with Crippen molar-refractivity contribution in [1.82, 2.24) is 14.9 Å². The molecule has 0 radical (unpaired) electrons. The summed E-state index contributed by atoms with van der Waals surface area (Å²) in [6, 6.07) is 8.72. The van der Waals surface area contributed by atoms with Gasteiger partial charge in [-0.1, -0.05) is 30.3 Å². The zero-order valence-electron chi connectivity index (χ0n) is 15.2. The molecule has 0 aliphatic carbocycles. The highest BCUT2D eigenvalue weighted by Crippen LogP contribution is 2.29. The highest BCUT2D eigenvalue weighted by molar-refractivity contribution is 8.17. The van der Waals surface area contributed by atoms with Crippen molar-refractivity contribution >= 4 is 29.1 Å². The zero-order valence-corrected chi connectivity index (χ0v) is 16.0. The van der Waals surface area contributed by atoms with E-state index in [1.165, 1.54) is 4.90 Å². The summed E-state index contributed by atoms with van der Waals surface area (Å²) in [6.45, 7) is 2.89. The number of anilines is 1. The van der Waals surface area contributed by atoms with Crippen molar-refractivity contribution in [2.45, 2.75) is 26.8 Å². The molecule has 6 nitrogen and oxygen atoms in total. The number of alkyl halides is 1. The van der Waals surface area contributed by atoms with E-state index in [-0.39, 0.29) is 23.9 Å². The summed E-state index contributed by atoms with van der Waals surface area (Å²) in [5.74, 6) is 0.811. The molecule has 0 saturated carbocycles. The minimum Gasteiger partial charge on any atom is -0.383 e. The van der Waals surface area contributed by atoms with Crippen molar-refractivity contribution in [3.63, 3.8) is 0 Å². The molecule has 1 amide bonds. The second kappa shape index (κ2) is 9.82. The number of carbonyl (C=O) groups excluding carboxylic acids is 2. The highest BCUT2D eigenvalue weighted by atomic mass is 32.2. The Kier molecular flexibility index (Phi) is 7.48. The second-order valence-electron chi connectivity index (χ2n) is 5.76. The molecule has 0 atom stereocenters. The fourth-order valence-electron chi connectivity index (χ4n) is 2.35. The van der Waals surface area contributed by atoms with Crippen LogP contribution in [0, 0.1) is 6.92 Å². The van der Waals surface area contributed by atoms with Crippen LogP contribution in [0.1, 0.15) is 35.1 Å². The molecule has 0 saturated heterocycles. The summed E-state index contributed by atoms with van der Waals surface area (Å²) < 4.78 is 13.1. The fourth-order valence-corrected chi connectivity index (χ4v) is 3.27. The predicted molar refractivity (Wildman–Crippen MR) is 104 cm³/mol. The minimum absolute atomic E-state index is 0.0410. The van der Waals surface area contributed by atoms with Gasteiger partial charge in [0.1, 0.15) is 11.6 Å². The molecule has 2 N–H and O–H groups in total. The standard InChI is InChI=1S/C19H21FN4O2S/c1-13(24(12-25)11-16-10-22-14(2)23-18(16)21)17(8-9-20)27-19(26)15-6-4-3-5-7-15/h3-7,10,12H,8-9,11H2,1-2H3,(H2,21,22,23)/b17-13-. The zero-order chi connectivity index (χ0) is 19.8. The van der Waals surface area contributed by atoms with Crippen LogP contribution in [0.3, 0.4) is 0 Å². The monoisotopic (exact) mass is 388 g/mol. The summed E-state index contributed by atoms with van der Waals surface area (Å²) in [4.78, 5) is 34.1. The Balaban J connectivity index is 2.26. The molecule has 0 unspecified atom stereocenters. The molecule has 142 valence electrons. The number of thioether (sulfide) groups is 1. The van der Waals surface area contributed by atoms with Gasteiger partial charge in [0.25, 0.3) is 0 Å². The first-order valence-electron chi connectivity index (χ1n) is 8.29. The number of aryl methyl sites for hydroxylation is 1. The van der Waals surface area contributed by atoms with Crippen LogP contribution in [0.5, 0.6) is 0 Å². The van der Waals surface area contributed by atoms with E-state index in [9.17, 15) is 14.0 Å². The van der Waals surface area contributed by atoms with Crippen LogP contribution in [0.2, 0.25) is 0 Å². The van der Waals surface area contributed by atoms with Crippen molar-refractivity contribution in [3.05, 3.63) is 64.1 Å². The quantitative estimate of drug-likeness (QED) is 0.696. The fraction of sp³-hybridized carbons (Fsp3) is 0.263. The topological polar surface area (TPSA) is 89.2 Å². The second-order valence-corrected chi connectivity index (χ2v) is 6.83. The molecule has 0 aliphatic rings. The maximum atomic E-state index is 13.1. The third-order valence-electron chi connectivity index (χ3n) is 3.87. The van der Waals surface area contributed by atoms with Gasteiger partial charge in [0.15, 0.2) is 0 Å². The molecular formula is C19H21FN4O2S. The van der Waals surface area contributed by atoms with Crippen LogP contribution in [0.15, 0.2) is 47.1 Å². The molecular weight excluding hydrogens is 367 g/mol. The van der Waals surface area contributed by atoms with E-state index >= 15 is 0 Å². The molecule has 0 bridgehead atoms. The molecule has 1 heterocycles. The largest absolute Gasteiger partial charge is 0.383 e. The summed E-state index contributed by atoms with van der Waals surface area (Å²) in [7, 11) is 0. The molecule has 0 aliphatic heterocycles. The van der Waals surface area contributed by atoms with Crippen molar-refractivity contribution < 1.29 is 14.0 Å². The normalized spacial score (nSPS) is 11.7. The van der Waals surface area contributed by atoms with Crippen LogP contribution in [0.4, 0.5) is 10.2 Å². The molecule has 0 fully saturated rings. The molecule has 1 aromatic heterocycles. The van der Waals surface area contributed by atoms with Gasteiger partial charge in [-0.3, -0.25) is 14.0 Å². The van der Waals surface area contributed by atoms with Gasteiger partial charge < -0.3 is 10.6 Å². The van der Waals surface area contributed by atoms with E-state index in [1.807, 2.05) is 6.07 Å². The smallest absolute Gasteiger partial charge is 0.223 e. The summed E-state index contributed by atoms with van der Waals surface area (Å²) in [5, 5.41) is -0.206. The number of halogens is 1. The molecule has 0 spiro atoms. The van der Waals surface area contributed by atoms with Gasteiger partial charge in [0.05, 0.1) is 13.2 Å². The number of nitrogens with two attached hydrogens (primary N) is 1. The molecule has 2 aromatic rings. The Morgan fingerprint density at radius 1 is 1.33 bits per heavy atom. The number of benzene rings is 1. The Morgan fingerprint density at radius 2 is 2.04 bits per heavy atom. The van der Waals surface area contributed by atoms with E-state index in [1.54, 1.807) is 44.3 Å². The summed E-state index contributed by atoms with van der Waals surface area (Å²) in [6.07, 6.45) is 2.22. The van der Waals surface area contributed by atoms with Gasteiger partial charge in [-0.2, -0.15) is 0 Å². The average Bonchev–Trinajstić information content (AvgIpc) is 2.67. The first kappa shape index (κ1) is 20.6. The summed E-state index contributed by atoms with van der Waals surface area (Å²) in [5.41, 5.74) is 7.47. The third-order valence-corrected chi connectivity index (χ3v) is 5.03. The van der Waals surface area contributed by atoms with E-state index < -0.39 is 6.67 Å². The van der Waals surface area contributed by atoms with Crippen LogP contribution in [-0.4, -0.2) is 33.1 Å². The first-order valence-corrected chi connectivity index (χ1v) is 9.10. The van der Waals surface area contributed by atoms with Crippen molar-refractivity contribution in [2.24, 2.45) is 0 Å². The number of nitrogen functional groups attached to an aromatic ring is 1. The van der Waals surface area contributed by atoms with Crippen LogP contribution in [0.25, 0.3) is 0 Å². The van der Waals surface area contributed by atoms with Crippen LogP contribution < -0.4 is 5.73 Å². The molecule has 8 heteroatoms. The highest BCUT2D eigenvalue weighted by Gasteiger charge is 2.17. The number of carbonyl (C=O) groups is 2. The minimum atomic E-state index is -0.635. The van der Waals surface area contributed by atoms with E-state index in [0.29, 0.717) is 34.0 Å². The predicted octanol–water partition coefficient (Wildman–Crippen LogP) is 3.49. The van der Waals surface area contributed by atoms with Crippen molar-refractivity contribution in [3.8, 4) is 0 Å². The number of hydrogen-bond donors (Lipinski definition) is 1. The Hall–Kier alpha value is -2.74. The number of aromatic nitrogens is 2. The van der Waals surface area contributed by atoms with Gasteiger partial charge in [-0.05, 0) is 25.6 Å². The van der Waals surface area contributed by atoms with Gasteiger partial charge in [0, 0.05) is 34.3 Å². The SMILES string of the molecule is C/C(=C(\CCF)SC(=O)c1ccccc1)N(C=O)Cc1cnc(C)nc1N. The lowest BCUT2D eigenvalue weighted by atomic mass is 10.2. The Morgan fingerprint density at radius 3 is 2.63 bits per heavy atom. The van der Waals surface area contributed by atoms with E-state index in [2.05, 4.69) is 9.97 Å². The van der Waals surface area contributed by atoms with Crippen LogP contribution >= 0.6 is 11.8 Å². The number of rotatable bonds is 8. The Bertz CT molecular complexity index is 843. The maximum Gasteiger partial charge on any atom is 0.223 e. The van der Waals surface area contributed by atoms with Crippen molar-refractivity contribution in [1.29, 1.82) is 0 Å². The third kappa shape index (κ3) is 5.62. The lowest BCUT2D eigenvalue weighted by Crippen LogP contribution is -2.22. The molecule has 2 rings (SSSR count). The number of amides is 1. The lowest BCUT2D eigenvalue weighted by Gasteiger charge is -2.21. The number of allylic oxidation sites excluding steroid dienone is 2. The lowest BCUT2D eigenvalue weighted by molar-refractivity contribution is -0.116. The first-order chi connectivity index (χ1) is 13.0. The van der Waals surface area contributed by atoms with Gasteiger partial charge in [0.2, 0.25) is 11.5 Å². The van der Waals surface area contributed by atoms with Crippen LogP contribution in [-0.2, 0) is 11.3 Å². The van der Waals surface area contributed by atoms with Gasteiger partial charge >= 0.3 is 0 Å². The molecule has 1 aromatic carbocycles. The number of hydrogen-bond acceptors (Lipinski definition) is 6. The van der Waals surface area contributed by atoms with Gasteiger partial charge in [-0.15, -0.1) is 0 Å². The maximum absolute atomic E-state index is 13.1. The molecule has 27 heavy (non-hydrogen) atoms. The van der Waals surface area contributed by atoms with E-state index in [4.69, 9.17) is 5.73 Å².